The number of nitrogens with one attached hydrogen (secondary N) is 2. The van der Waals surface area contributed by atoms with Gasteiger partial charge in [0.25, 0.3) is 0 Å². The Bertz CT molecular complexity index is 470. The summed E-state index contributed by atoms with van der Waals surface area (Å²) in [4.78, 5) is 11.1. The minimum atomic E-state index is -0.760. The van der Waals surface area contributed by atoms with Crippen molar-refractivity contribution in [2.24, 2.45) is 0 Å². The molecular formula is C15H22N2O3. The fraction of sp³-hybridized carbons (Fsp3) is 0.533. The van der Waals surface area contributed by atoms with Gasteiger partial charge in [0.15, 0.2) is 0 Å². The van der Waals surface area contributed by atoms with Crippen LogP contribution >= 0.6 is 0 Å². The molecule has 0 spiro atoms. The second-order valence-corrected chi connectivity index (χ2v) is 5.44. The first-order chi connectivity index (χ1) is 9.48. The van der Waals surface area contributed by atoms with Crippen LogP contribution in [0.1, 0.15) is 31.9 Å². The lowest BCUT2D eigenvalue weighted by Gasteiger charge is -2.24. The summed E-state index contributed by atoms with van der Waals surface area (Å²) in [5.41, 5.74) is 1.09. The lowest BCUT2D eigenvalue weighted by molar-refractivity contribution is -0.114. The summed E-state index contributed by atoms with van der Waals surface area (Å²) < 4.78 is 5.22. The maximum absolute atomic E-state index is 11.1. The van der Waals surface area contributed by atoms with E-state index in [2.05, 4.69) is 10.6 Å². The van der Waals surface area contributed by atoms with Gasteiger partial charge in [-0.15, -0.1) is 0 Å². The zero-order valence-corrected chi connectivity index (χ0v) is 12.0. The van der Waals surface area contributed by atoms with Gasteiger partial charge in [0.1, 0.15) is 5.60 Å². The van der Waals surface area contributed by atoms with Crippen molar-refractivity contribution in [1.29, 1.82) is 0 Å². The van der Waals surface area contributed by atoms with Crippen LogP contribution in [0.25, 0.3) is 0 Å². The van der Waals surface area contributed by atoms with Gasteiger partial charge in [0.05, 0.1) is 6.61 Å². The largest absolute Gasteiger partial charge is 0.386 e. The number of benzene rings is 1. The molecule has 2 rings (SSSR count). The smallest absolute Gasteiger partial charge is 0.221 e. The number of rotatable bonds is 5. The minimum Gasteiger partial charge on any atom is -0.386 e. The molecule has 0 saturated carbocycles. The molecule has 1 heterocycles. The zero-order chi connectivity index (χ0) is 14.6. The van der Waals surface area contributed by atoms with Crippen molar-refractivity contribution in [3.05, 3.63) is 29.8 Å². The van der Waals surface area contributed by atoms with Gasteiger partial charge >= 0.3 is 0 Å². The molecule has 2 atom stereocenters. The first kappa shape index (κ1) is 15.0. The molecule has 3 N–H and O–H groups in total. The van der Waals surface area contributed by atoms with Crippen molar-refractivity contribution in [3.63, 3.8) is 0 Å². The average Bonchev–Trinajstić information content (AvgIpc) is 2.83. The molecule has 1 aromatic carbocycles. The number of hydrogen-bond donors (Lipinski definition) is 3. The molecular weight excluding hydrogens is 256 g/mol. The van der Waals surface area contributed by atoms with Crippen molar-refractivity contribution < 1.29 is 14.6 Å². The first-order valence-electron chi connectivity index (χ1n) is 6.90. The van der Waals surface area contributed by atoms with Gasteiger partial charge in [0.2, 0.25) is 5.91 Å². The average molecular weight is 278 g/mol. The zero-order valence-electron chi connectivity index (χ0n) is 12.0. The monoisotopic (exact) mass is 278 g/mol. The number of carbonyl (C=O) groups is 1. The molecule has 1 saturated heterocycles. The molecule has 5 heteroatoms. The van der Waals surface area contributed by atoms with Crippen molar-refractivity contribution >= 4 is 11.6 Å². The molecule has 0 unspecified atom stereocenters. The fourth-order valence-electron chi connectivity index (χ4n) is 2.29. The van der Waals surface area contributed by atoms with Crippen LogP contribution in [0.5, 0.6) is 0 Å². The van der Waals surface area contributed by atoms with Gasteiger partial charge in [-0.1, -0.05) is 12.1 Å². The van der Waals surface area contributed by atoms with Gasteiger partial charge in [-0.3, -0.25) is 4.79 Å². The Kier molecular flexibility index (Phi) is 4.75. The summed E-state index contributed by atoms with van der Waals surface area (Å²) in [6, 6.07) is 7.79. The number of ether oxygens (including phenoxy) is 1. The fourth-order valence-corrected chi connectivity index (χ4v) is 2.29. The van der Waals surface area contributed by atoms with Crippen LogP contribution in [0.2, 0.25) is 0 Å². The van der Waals surface area contributed by atoms with E-state index in [0.717, 1.165) is 11.3 Å². The van der Waals surface area contributed by atoms with Gasteiger partial charge in [-0.05, 0) is 24.6 Å². The van der Waals surface area contributed by atoms with Crippen molar-refractivity contribution in [3.8, 4) is 0 Å². The summed E-state index contributed by atoms with van der Waals surface area (Å²) in [6.07, 6.45) is 0.665. The molecule has 1 aliphatic heterocycles. The third kappa shape index (κ3) is 4.03. The highest BCUT2D eigenvalue weighted by Crippen LogP contribution is 2.21. The Morgan fingerprint density at radius 1 is 1.55 bits per heavy atom. The Balaban J connectivity index is 1.94. The number of amides is 1. The van der Waals surface area contributed by atoms with Gasteiger partial charge in [-0.2, -0.15) is 0 Å². The van der Waals surface area contributed by atoms with E-state index in [1.807, 2.05) is 31.2 Å². The summed E-state index contributed by atoms with van der Waals surface area (Å²) in [7, 11) is 0. The topological polar surface area (TPSA) is 70.6 Å². The molecule has 0 radical (unpaired) electrons. The molecule has 1 fully saturated rings. The van der Waals surface area contributed by atoms with Gasteiger partial charge < -0.3 is 20.5 Å². The predicted octanol–water partition coefficient (Wildman–Crippen LogP) is 1.45. The quantitative estimate of drug-likeness (QED) is 0.762. The lowest BCUT2D eigenvalue weighted by Crippen LogP contribution is -2.41. The lowest BCUT2D eigenvalue weighted by atomic mass is 10.0. The third-order valence-corrected chi connectivity index (χ3v) is 3.53. The first-order valence-corrected chi connectivity index (χ1v) is 6.90. The molecule has 110 valence electrons. The van der Waals surface area contributed by atoms with E-state index < -0.39 is 5.60 Å². The van der Waals surface area contributed by atoms with E-state index >= 15 is 0 Å². The van der Waals surface area contributed by atoms with E-state index in [1.165, 1.54) is 6.92 Å². The maximum Gasteiger partial charge on any atom is 0.221 e. The Hall–Kier alpha value is -1.43. The molecule has 1 amide bonds. The second kappa shape index (κ2) is 6.35. The Morgan fingerprint density at radius 2 is 2.35 bits per heavy atom. The molecule has 0 bridgehead atoms. The summed E-state index contributed by atoms with van der Waals surface area (Å²) in [6.45, 7) is 5.03. The predicted molar refractivity (Wildman–Crippen MR) is 77.5 cm³/mol. The highest BCUT2D eigenvalue weighted by Gasteiger charge is 2.32. The molecule has 0 aliphatic carbocycles. The van der Waals surface area contributed by atoms with E-state index in [4.69, 9.17) is 4.74 Å². The van der Waals surface area contributed by atoms with Crippen LogP contribution in [0, 0.1) is 0 Å². The highest BCUT2D eigenvalue weighted by molar-refractivity contribution is 5.88. The van der Waals surface area contributed by atoms with Crippen LogP contribution in [0.3, 0.4) is 0 Å². The SMILES string of the molecule is CC(=O)Nc1cccc([C@H](C)NC[C@]2(O)CCOC2)c1. The van der Waals surface area contributed by atoms with Crippen LogP contribution < -0.4 is 10.6 Å². The van der Waals surface area contributed by atoms with Crippen molar-refractivity contribution in [1.82, 2.24) is 5.32 Å². The molecule has 0 aromatic heterocycles. The van der Waals surface area contributed by atoms with Crippen molar-refractivity contribution in [2.75, 3.05) is 25.1 Å². The third-order valence-electron chi connectivity index (χ3n) is 3.53. The van der Waals surface area contributed by atoms with E-state index in [0.29, 0.717) is 26.2 Å². The van der Waals surface area contributed by atoms with Gasteiger partial charge in [0, 0.05) is 38.2 Å². The summed E-state index contributed by atoms with van der Waals surface area (Å²) in [5, 5.41) is 16.3. The second-order valence-electron chi connectivity index (χ2n) is 5.44. The van der Waals surface area contributed by atoms with Crippen LogP contribution in [0.15, 0.2) is 24.3 Å². The van der Waals surface area contributed by atoms with E-state index in [1.54, 1.807) is 0 Å². The standard InChI is InChI=1S/C15H22N2O3/c1-11(16-9-15(19)6-7-20-10-15)13-4-3-5-14(8-13)17-12(2)18/h3-5,8,11,16,19H,6-7,9-10H2,1-2H3,(H,17,18)/t11-,15+/m0/s1. The van der Waals surface area contributed by atoms with Crippen LogP contribution in [-0.2, 0) is 9.53 Å². The number of carbonyl (C=O) groups excluding carboxylic acids is 1. The molecule has 20 heavy (non-hydrogen) atoms. The van der Waals surface area contributed by atoms with Crippen LogP contribution in [0.4, 0.5) is 5.69 Å². The number of anilines is 1. The molecule has 1 aliphatic rings. The van der Waals surface area contributed by atoms with E-state index in [-0.39, 0.29) is 11.9 Å². The summed E-state index contributed by atoms with van der Waals surface area (Å²) in [5.74, 6) is -0.0832. The Labute approximate surface area is 119 Å². The molecule has 1 aromatic rings. The van der Waals surface area contributed by atoms with Gasteiger partial charge in [-0.25, -0.2) is 0 Å². The number of aliphatic hydroxyl groups is 1. The molecule has 5 nitrogen and oxygen atoms in total. The highest BCUT2D eigenvalue weighted by atomic mass is 16.5. The Morgan fingerprint density at radius 3 is 3.00 bits per heavy atom. The van der Waals surface area contributed by atoms with Crippen LogP contribution in [-0.4, -0.2) is 36.4 Å². The normalized spacial score (nSPS) is 23.6. The van der Waals surface area contributed by atoms with E-state index in [9.17, 15) is 9.90 Å². The summed E-state index contributed by atoms with van der Waals surface area (Å²) >= 11 is 0. The number of hydrogen-bond acceptors (Lipinski definition) is 4. The minimum absolute atomic E-state index is 0.0832. The maximum atomic E-state index is 11.1. The van der Waals surface area contributed by atoms with Crippen molar-refractivity contribution in [2.45, 2.75) is 31.9 Å².